The average Bonchev–Trinajstić information content (AvgIpc) is 2.07. The molecule has 0 aliphatic carbocycles. The van der Waals surface area contributed by atoms with Crippen LogP contribution in [0.25, 0.3) is 0 Å². The number of Topliss-reactive ketones (excluding diaryl/α,β-unsaturated/α-hetero) is 1. The fraction of sp³-hybridized carbons (Fsp3) is 0.333. The first-order valence-corrected chi connectivity index (χ1v) is 4.51. The molecule has 1 aromatic heterocycles. The van der Waals surface area contributed by atoms with Gasteiger partial charge in [-0.1, -0.05) is 0 Å². The molecule has 0 saturated heterocycles. The molecular formula is C6H6Br2N2O. The standard InChI is InChI=1S/C6H6Br2N2O/c1-3(11)4-5(7)9-6(8)10(4)2/h1-2H3. The molecule has 3 nitrogen and oxygen atoms in total. The number of halogens is 2. The molecule has 1 aromatic rings. The van der Waals surface area contributed by atoms with Crippen LogP contribution in [-0.4, -0.2) is 15.3 Å². The molecule has 0 bridgehead atoms. The number of hydrogen-bond donors (Lipinski definition) is 0. The zero-order valence-electron chi connectivity index (χ0n) is 6.06. The van der Waals surface area contributed by atoms with Gasteiger partial charge in [0, 0.05) is 14.0 Å². The van der Waals surface area contributed by atoms with Gasteiger partial charge in [-0.3, -0.25) is 4.79 Å². The Hall–Kier alpha value is -0.160. The van der Waals surface area contributed by atoms with Crippen LogP contribution in [0, 0.1) is 0 Å². The highest BCUT2D eigenvalue weighted by Crippen LogP contribution is 2.20. The van der Waals surface area contributed by atoms with Gasteiger partial charge in [0.2, 0.25) is 0 Å². The number of imidazole rings is 1. The maximum atomic E-state index is 11.0. The lowest BCUT2D eigenvalue weighted by molar-refractivity contribution is 0.100. The van der Waals surface area contributed by atoms with Crippen LogP contribution in [0.4, 0.5) is 0 Å². The molecule has 0 amide bonds. The van der Waals surface area contributed by atoms with Crippen LogP contribution >= 0.6 is 31.9 Å². The average molecular weight is 282 g/mol. The highest BCUT2D eigenvalue weighted by molar-refractivity contribution is 9.11. The lowest BCUT2D eigenvalue weighted by Gasteiger charge is -1.96. The SMILES string of the molecule is CC(=O)c1c(Br)nc(Br)n1C. The third-order valence-corrected chi connectivity index (χ3v) is 2.59. The zero-order valence-corrected chi connectivity index (χ0v) is 9.23. The highest BCUT2D eigenvalue weighted by Gasteiger charge is 2.13. The Morgan fingerprint density at radius 1 is 1.55 bits per heavy atom. The molecule has 0 N–H and O–H groups in total. The van der Waals surface area contributed by atoms with Gasteiger partial charge < -0.3 is 4.57 Å². The fourth-order valence-electron chi connectivity index (χ4n) is 0.821. The first-order chi connectivity index (χ1) is 5.04. The Labute approximate surface area is 81.1 Å². The van der Waals surface area contributed by atoms with Crippen LogP contribution < -0.4 is 0 Å². The molecule has 0 saturated carbocycles. The van der Waals surface area contributed by atoms with Crippen molar-refractivity contribution in [1.29, 1.82) is 0 Å². The highest BCUT2D eigenvalue weighted by atomic mass is 79.9. The Balaban J connectivity index is 3.34. The van der Waals surface area contributed by atoms with E-state index in [9.17, 15) is 4.79 Å². The molecule has 0 spiro atoms. The van der Waals surface area contributed by atoms with Gasteiger partial charge in [-0.2, -0.15) is 0 Å². The van der Waals surface area contributed by atoms with E-state index >= 15 is 0 Å². The molecule has 1 rings (SSSR count). The number of hydrogen-bond acceptors (Lipinski definition) is 2. The number of rotatable bonds is 1. The van der Waals surface area contributed by atoms with E-state index in [2.05, 4.69) is 36.8 Å². The predicted octanol–water partition coefficient (Wildman–Crippen LogP) is 2.15. The quantitative estimate of drug-likeness (QED) is 0.740. The summed E-state index contributed by atoms with van der Waals surface area (Å²) in [4.78, 5) is 15.0. The minimum atomic E-state index is -0.00225. The van der Waals surface area contributed by atoms with Crippen molar-refractivity contribution < 1.29 is 4.79 Å². The summed E-state index contributed by atoms with van der Waals surface area (Å²) in [5.41, 5.74) is 0.580. The topological polar surface area (TPSA) is 34.9 Å². The van der Waals surface area contributed by atoms with Crippen molar-refractivity contribution in [2.75, 3.05) is 0 Å². The van der Waals surface area contributed by atoms with E-state index in [1.54, 1.807) is 11.6 Å². The van der Waals surface area contributed by atoms with E-state index < -0.39 is 0 Å². The molecule has 0 aliphatic rings. The molecule has 0 unspecified atom stereocenters. The number of nitrogens with zero attached hydrogens (tertiary/aromatic N) is 2. The maximum Gasteiger partial charge on any atom is 0.178 e. The van der Waals surface area contributed by atoms with Gasteiger partial charge in [-0.25, -0.2) is 4.98 Å². The first-order valence-electron chi connectivity index (χ1n) is 2.92. The molecule has 0 fully saturated rings. The molecule has 0 aliphatic heterocycles. The number of ketones is 1. The third-order valence-electron chi connectivity index (χ3n) is 1.33. The molecular weight excluding hydrogens is 276 g/mol. The summed E-state index contributed by atoms with van der Waals surface area (Å²) in [6.07, 6.45) is 0. The number of aromatic nitrogens is 2. The Morgan fingerprint density at radius 2 is 2.09 bits per heavy atom. The van der Waals surface area contributed by atoms with Gasteiger partial charge in [0.15, 0.2) is 10.5 Å². The summed E-state index contributed by atoms with van der Waals surface area (Å²) in [7, 11) is 1.78. The summed E-state index contributed by atoms with van der Waals surface area (Å²) >= 11 is 6.39. The van der Waals surface area contributed by atoms with Crippen LogP contribution in [0.3, 0.4) is 0 Å². The van der Waals surface area contributed by atoms with Crippen molar-refractivity contribution >= 4 is 37.6 Å². The number of carbonyl (C=O) groups excluding carboxylic acids is 1. The summed E-state index contributed by atoms with van der Waals surface area (Å²) in [5, 5.41) is 0. The van der Waals surface area contributed by atoms with Crippen LogP contribution in [0.1, 0.15) is 17.4 Å². The van der Waals surface area contributed by atoms with Crippen LogP contribution in [-0.2, 0) is 7.05 Å². The van der Waals surface area contributed by atoms with Crippen molar-refractivity contribution in [2.24, 2.45) is 7.05 Å². The van der Waals surface area contributed by atoms with E-state index in [0.29, 0.717) is 15.0 Å². The Kier molecular flexibility index (Phi) is 2.49. The second kappa shape index (κ2) is 3.06. The lowest BCUT2D eigenvalue weighted by Crippen LogP contribution is -2.01. The summed E-state index contributed by atoms with van der Waals surface area (Å²) in [5.74, 6) is -0.00225. The monoisotopic (exact) mass is 280 g/mol. The predicted molar refractivity (Wildman–Crippen MR) is 48.6 cm³/mol. The van der Waals surface area contributed by atoms with Gasteiger partial charge in [-0.05, 0) is 31.9 Å². The van der Waals surface area contributed by atoms with E-state index in [0.717, 1.165) is 0 Å². The normalized spacial score (nSPS) is 10.2. The molecule has 0 aromatic carbocycles. The molecule has 0 atom stereocenters. The van der Waals surface area contributed by atoms with Gasteiger partial charge in [0.1, 0.15) is 10.3 Å². The number of carbonyl (C=O) groups is 1. The largest absolute Gasteiger partial charge is 0.318 e. The lowest BCUT2D eigenvalue weighted by atomic mass is 10.3. The minimum absolute atomic E-state index is 0.00225. The van der Waals surface area contributed by atoms with Crippen LogP contribution in [0.5, 0.6) is 0 Å². The summed E-state index contributed by atoms with van der Waals surface area (Å²) < 4.78 is 2.92. The van der Waals surface area contributed by atoms with Crippen molar-refractivity contribution in [3.8, 4) is 0 Å². The molecule has 0 radical (unpaired) electrons. The van der Waals surface area contributed by atoms with E-state index in [1.165, 1.54) is 6.92 Å². The molecule has 5 heteroatoms. The maximum absolute atomic E-state index is 11.0. The van der Waals surface area contributed by atoms with Crippen LogP contribution in [0.15, 0.2) is 9.34 Å². The van der Waals surface area contributed by atoms with Gasteiger partial charge in [0.05, 0.1) is 0 Å². The Bertz CT molecular complexity index is 306. The van der Waals surface area contributed by atoms with E-state index in [1.807, 2.05) is 0 Å². The third kappa shape index (κ3) is 1.54. The van der Waals surface area contributed by atoms with Crippen LogP contribution in [0.2, 0.25) is 0 Å². The van der Waals surface area contributed by atoms with Crippen molar-refractivity contribution in [1.82, 2.24) is 9.55 Å². The van der Waals surface area contributed by atoms with Crippen molar-refractivity contribution in [2.45, 2.75) is 6.92 Å². The smallest absolute Gasteiger partial charge is 0.178 e. The van der Waals surface area contributed by atoms with E-state index in [4.69, 9.17) is 0 Å². The second-order valence-corrected chi connectivity index (χ2v) is 3.60. The van der Waals surface area contributed by atoms with Crippen molar-refractivity contribution in [3.05, 3.63) is 15.0 Å². The van der Waals surface area contributed by atoms with Gasteiger partial charge in [-0.15, -0.1) is 0 Å². The first kappa shape index (κ1) is 8.93. The van der Waals surface area contributed by atoms with Crippen molar-refractivity contribution in [3.63, 3.8) is 0 Å². The fourth-order valence-corrected chi connectivity index (χ4v) is 2.13. The minimum Gasteiger partial charge on any atom is -0.318 e. The van der Waals surface area contributed by atoms with E-state index in [-0.39, 0.29) is 5.78 Å². The summed E-state index contributed by atoms with van der Waals surface area (Å²) in [6, 6.07) is 0. The zero-order chi connectivity index (χ0) is 8.59. The molecule has 11 heavy (non-hydrogen) atoms. The Morgan fingerprint density at radius 3 is 2.27 bits per heavy atom. The molecule has 60 valence electrons. The summed E-state index contributed by atoms with van der Waals surface area (Å²) in [6.45, 7) is 1.51. The second-order valence-electron chi connectivity index (χ2n) is 2.14. The van der Waals surface area contributed by atoms with Gasteiger partial charge in [0.25, 0.3) is 0 Å². The molecule has 1 heterocycles. The van der Waals surface area contributed by atoms with Gasteiger partial charge >= 0.3 is 0 Å².